The average molecular weight is 693 g/mol. The van der Waals surface area contributed by atoms with Gasteiger partial charge in [-0.1, -0.05) is 69.2 Å². The molecule has 0 saturated carbocycles. The van der Waals surface area contributed by atoms with Crippen molar-refractivity contribution in [3.05, 3.63) is 144 Å². The second-order valence-corrected chi connectivity index (χ2v) is 12.6. The molecular weight excluding hydrogens is 653 g/mol. The summed E-state index contributed by atoms with van der Waals surface area (Å²) in [5.41, 5.74) is 6.20. The molecule has 262 valence electrons. The van der Waals surface area contributed by atoms with E-state index in [1.165, 1.54) is 0 Å². The number of anilines is 5. The Labute approximate surface area is 303 Å². The van der Waals surface area contributed by atoms with Crippen LogP contribution in [0.25, 0.3) is 11.5 Å². The molecule has 52 heavy (non-hydrogen) atoms. The quantitative estimate of drug-likeness (QED) is 0.0989. The molecule has 10 nitrogen and oxygen atoms in total. The standard InChI is InChI=1S/C42H40N6O4/c1-3-5-26-51-39(49)30-17-21-33(22-18-30)43-41-44-38-36-16-11-25-47(36)37(29-12-8-7-9-13-29)32-14-10-15-35(28-32)48(42(45-38)46-41)34-23-19-31(20-24-34)40(50)52-27-6-4-2/h7-25,28,37H,3-6,26-27H2,1-2H3,(H,43,44,45,46). The number of benzene rings is 4. The lowest BCUT2D eigenvalue weighted by Gasteiger charge is -2.29. The van der Waals surface area contributed by atoms with Gasteiger partial charge in [-0.3, -0.25) is 4.90 Å². The van der Waals surface area contributed by atoms with Crippen LogP contribution in [0.5, 0.6) is 0 Å². The molecule has 1 atom stereocenters. The zero-order chi connectivity index (χ0) is 35.9. The van der Waals surface area contributed by atoms with Crippen LogP contribution in [-0.4, -0.2) is 44.7 Å². The summed E-state index contributed by atoms with van der Waals surface area (Å²) >= 11 is 0. The predicted octanol–water partition coefficient (Wildman–Crippen LogP) is 9.42. The number of ether oxygens (including phenoxy) is 2. The monoisotopic (exact) mass is 692 g/mol. The third kappa shape index (κ3) is 7.41. The van der Waals surface area contributed by atoms with Crippen molar-refractivity contribution in [3.8, 4) is 11.5 Å². The Balaban J connectivity index is 1.32. The average Bonchev–Trinajstić information content (AvgIpc) is 3.65. The Hall–Kier alpha value is -6.29. The second kappa shape index (κ2) is 15.7. The minimum absolute atomic E-state index is 0.174. The SMILES string of the molecule is CCCCOC(=O)c1ccc(Nc2nc3nc(n2)N(c2ccc(C(=O)OCCCC)cc2)c2cccc(c2)C(c2ccccc2)n2cccc2-3)cc1. The number of aromatic nitrogens is 4. The fourth-order valence-corrected chi connectivity index (χ4v) is 6.16. The van der Waals surface area contributed by atoms with Crippen LogP contribution >= 0.6 is 0 Å². The van der Waals surface area contributed by atoms with Gasteiger partial charge in [-0.05, 0) is 96.8 Å². The van der Waals surface area contributed by atoms with Crippen molar-refractivity contribution in [2.45, 2.75) is 45.6 Å². The molecule has 0 saturated heterocycles. The molecule has 3 heterocycles. The predicted molar refractivity (Wildman–Crippen MR) is 202 cm³/mol. The van der Waals surface area contributed by atoms with Gasteiger partial charge in [0.2, 0.25) is 11.9 Å². The van der Waals surface area contributed by atoms with Crippen molar-refractivity contribution in [2.75, 3.05) is 23.4 Å². The summed E-state index contributed by atoms with van der Waals surface area (Å²) in [5.74, 6) is 0.459. The van der Waals surface area contributed by atoms with Gasteiger partial charge in [0.1, 0.15) is 0 Å². The largest absolute Gasteiger partial charge is 0.462 e. The molecule has 10 heteroatoms. The number of hydrogen-bond donors (Lipinski definition) is 1. The minimum atomic E-state index is -0.358. The van der Waals surface area contributed by atoms with Crippen molar-refractivity contribution >= 4 is 40.9 Å². The summed E-state index contributed by atoms with van der Waals surface area (Å²) in [7, 11) is 0. The van der Waals surface area contributed by atoms with E-state index in [-0.39, 0.29) is 18.0 Å². The number of carbonyl (C=O) groups excluding carboxylic acids is 2. The fraction of sp³-hybridized carbons (Fsp3) is 0.214. The van der Waals surface area contributed by atoms with Gasteiger partial charge in [0.25, 0.3) is 0 Å². The van der Waals surface area contributed by atoms with E-state index in [1.54, 1.807) is 36.4 Å². The number of carbonyl (C=O) groups is 2. The molecule has 0 amide bonds. The molecule has 6 aromatic rings. The lowest BCUT2D eigenvalue weighted by molar-refractivity contribution is 0.0490. The summed E-state index contributed by atoms with van der Waals surface area (Å²) in [6, 6.07) is 36.8. The summed E-state index contributed by atoms with van der Waals surface area (Å²) in [5, 5.41) is 3.34. The van der Waals surface area contributed by atoms with Gasteiger partial charge >= 0.3 is 11.9 Å². The maximum absolute atomic E-state index is 12.8. The zero-order valence-electron chi connectivity index (χ0n) is 29.2. The lowest BCUT2D eigenvalue weighted by Crippen LogP contribution is -2.20. The van der Waals surface area contributed by atoms with E-state index >= 15 is 0 Å². The van der Waals surface area contributed by atoms with E-state index in [0.717, 1.165) is 53.9 Å². The van der Waals surface area contributed by atoms with Crippen LogP contribution in [0.2, 0.25) is 0 Å². The summed E-state index contributed by atoms with van der Waals surface area (Å²) < 4.78 is 13.0. The molecule has 2 aromatic heterocycles. The molecule has 0 fully saturated rings. The Morgan fingerprint density at radius 3 is 2.00 bits per heavy atom. The van der Waals surface area contributed by atoms with Crippen LogP contribution in [0.1, 0.15) is 77.4 Å². The van der Waals surface area contributed by atoms with Crippen molar-refractivity contribution in [1.29, 1.82) is 0 Å². The fourth-order valence-electron chi connectivity index (χ4n) is 6.16. The van der Waals surface area contributed by atoms with Gasteiger partial charge in [0.15, 0.2) is 5.82 Å². The highest BCUT2D eigenvalue weighted by molar-refractivity contribution is 5.91. The number of hydrogen-bond acceptors (Lipinski definition) is 9. The molecule has 1 unspecified atom stereocenters. The van der Waals surface area contributed by atoms with Gasteiger partial charge in [-0.15, -0.1) is 0 Å². The Kier molecular flexibility index (Phi) is 10.3. The van der Waals surface area contributed by atoms with E-state index in [4.69, 9.17) is 24.4 Å². The third-order valence-corrected chi connectivity index (χ3v) is 8.87. The first-order valence-electron chi connectivity index (χ1n) is 17.7. The highest BCUT2D eigenvalue weighted by atomic mass is 16.5. The molecule has 1 aliphatic heterocycles. The first-order chi connectivity index (χ1) is 25.5. The zero-order valence-corrected chi connectivity index (χ0v) is 29.2. The molecule has 4 aromatic carbocycles. The van der Waals surface area contributed by atoms with E-state index in [1.807, 2.05) is 65.7 Å². The van der Waals surface area contributed by atoms with E-state index < -0.39 is 0 Å². The van der Waals surface area contributed by atoms with Crippen LogP contribution in [0, 0.1) is 0 Å². The first-order valence-corrected chi connectivity index (χ1v) is 17.7. The van der Waals surface area contributed by atoms with Gasteiger partial charge in [0.05, 0.1) is 36.1 Å². The van der Waals surface area contributed by atoms with E-state index in [9.17, 15) is 9.59 Å². The van der Waals surface area contributed by atoms with Crippen molar-refractivity contribution in [3.63, 3.8) is 0 Å². The highest BCUT2D eigenvalue weighted by Gasteiger charge is 2.26. The Bertz CT molecular complexity index is 2150. The summed E-state index contributed by atoms with van der Waals surface area (Å²) in [6.07, 6.45) is 5.58. The summed E-state index contributed by atoms with van der Waals surface area (Å²) in [4.78, 5) is 42.2. The topological polar surface area (TPSA) is 111 Å². The van der Waals surface area contributed by atoms with Crippen LogP contribution < -0.4 is 10.2 Å². The second-order valence-electron chi connectivity index (χ2n) is 12.6. The number of unbranched alkanes of at least 4 members (excludes halogenated alkanes) is 2. The van der Waals surface area contributed by atoms with Crippen LogP contribution in [0.4, 0.5) is 29.0 Å². The maximum Gasteiger partial charge on any atom is 0.338 e. The van der Waals surface area contributed by atoms with Crippen molar-refractivity contribution < 1.29 is 19.1 Å². The summed E-state index contributed by atoms with van der Waals surface area (Å²) in [6.45, 7) is 4.89. The molecule has 0 aliphatic carbocycles. The number of rotatable bonds is 12. The highest BCUT2D eigenvalue weighted by Crippen LogP contribution is 2.40. The number of esters is 2. The molecule has 4 bridgehead atoms. The van der Waals surface area contributed by atoms with E-state index in [2.05, 4.69) is 48.0 Å². The lowest BCUT2D eigenvalue weighted by atomic mass is 9.97. The van der Waals surface area contributed by atoms with Gasteiger partial charge in [-0.25, -0.2) is 9.59 Å². The van der Waals surface area contributed by atoms with Gasteiger partial charge in [0, 0.05) is 23.3 Å². The smallest absolute Gasteiger partial charge is 0.338 e. The Morgan fingerprint density at radius 2 is 1.33 bits per heavy atom. The Morgan fingerprint density at radius 1 is 0.673 bits per heavy atom. The van der Waals surface area contributed by atoms with Crippen molar-refractivity contribution in [1.82, 2.24) is 19.5 Å². The molecule has 7 rings (SSSR count). The number of nitrogens with one attached hydrogen (secondary N) is 1. The first kappa shape index (κ1) is 34.2. The van der Waals surface area contributed by atoms with Crippen LogP contribution in [0.15, 0.2) is 121 Å². The van der Waals surface area contributed by atoms with E-state index in [0.29, 0.717) is 47.7 Å². The van der Waals surface area contributed by atoms with Crippen LogP contribution in [-0.2, 0) is 9.47 Å². The normalized spacial score (nSPS) is 13.2. The molecule has 0 radical (unpaired) electrons. The van der Waals surface area contributed by atoms with Crippen LogP contribution in [0.3, 0.4) is 0 Å². The molecule has 1 N–H and O–H groups in total. The maximum atomic E-state index is 12.8. The van der Waals surface area contributed by atoms with Gasteiger partial charge in [-0.2, -0.15) is 15.0 Å². The number of fused-ring (bicyclic) bond motifs is 6. The van der Waals surface area contributed by atoms with Crippen molar-refractivity contribution in [2.24, 2.45) is 0 Å². The minimum Gasteiger partial charge on any atom is -0.462 e. The van der Waals surface area contributed by atoms with Gasteiger partial charge < -0.3 is 19.4 Å². The third-order valence-electron chi connectivity index (χ3n) is 8.87. The molecule has 0 spiro atoms. The number of nitrogens with zero attached hydrogens (tertiary/aromatic N) is 5. The molecule has 1 aliphatic rings. The molecular formula is C42H40N6O4.